The first-order valence-electron chi connectivity index (χ1n) is 8.23. The third-order valence-corrected chi connectivity index (χ3v) is 4.90. The highest BCUT2D eigenvalue weighted by Gasteiger charge is 2.49. The zero-order valence-corrected chi connectivity index (χ0v) is 13.9. The average molecular weight is 355 g/mol. The molecule has 136 valence electrons. The van der Waals surface area contributed by atoms with E-state index in [1.807, 2.05) is 6.92 Å². The summed E-state index contributed by atoms with van der Waals surface area (Å²) < 4.78 is 37.6. The zero-order chi connectivity index (χ0) is 18.2. The number of urea groups is 1. The van der Waals surface area contributed by atoms with Crippen molar-refractivity contribution >= 4 is 17.6 Å². The Balaban J connectivity index is 1.54. The van der Waals surface area contributed by atoms with Crippen LogP contribution in [0.25, 0.3) is 0 Å². The number of nitrogens with one attached hydrogen (secondary N) is 1. The van der Waals surface area contributed by atoms with Gasteiger partial charge in [-0.25, -0.2) is 4.79 Å². The molecule has 0 saturated carbocycles. The van der Waals surface area contributed by atoms with Crippen molar-refractivity contribution in [3.63, 3.8) is 0 Å². The molecule has 1 spiro atoms. The quantitative estimate of drug-likeness (QED) is 0.886. The fourth-order valence-electron chi connectivity index (χ4n) is 3.48. The first-order valence-corrected chi connectivity index (χ1v) is 8.23. The number of benzene rings is 1. The van der Waals surface area contributed by atoms with Gasteiger partial charge in [0, 0.05) is 43.7 Å². The first kappa shape index (κ1) is 17.6. The molecule has 1 aromatic carbocycles. The van der Waals surface area contributed by atoms with E-state index >= 15 is 0 Å². The molecule has 0 aliphatic carbocycles. The molecule has 0 radical (unpaired) electrons. The van der Waals surface area contributed by atoms with Crippen LogP contribution >= 0.6 is 0 Å². The predicted molar refractivity (Wildman–Crippen MR) is 86.0 cm³/mol. The van der Waals surface area contributed by atoms with E-state index in [9.17, 15) is 22.8 Å². The summed E-state index contributed by atoms with van der Waals surface area (Å²) in [4.78, 5) is 27.4. The molecule has 0 aromatic heterocycles. The second kappa shape index (κ2) is 6.24. The summed E-state index contributed by atoms with van der Waals surface area (Å²) in [5.74, 6) is 0.123. The molecule has 2 heterocycles. The van der Waals surface area contributed by atoms with E-state index in [4.69, 9.17) is 0 Å². The minimum atomic E-state index is -4.39. The van der Waals surface area contributed by atoms with Crippen LogP contribution in [-0.4, -0.2) is 47.9 Å². The lowest BCUT2D eigenvalue weighted by atomic mass is 9.79. The van der Waals surface area contributed by atoms with E-state index in [1.54, 1.807) is 9.80 Å². The lowest BCUT2D eigenvalue weighted by Gasteiger charge is -2.47. The van der Waals surface area contributed by atoms with Crippen LogP contribution in [0.4, 0.5) is 23.7 Å². The van der Waals surface area contributed by atoms with Gasteiger partial charge in [-0.2, -0.15) is 13.2 Å². The Morgan fingerprint density at radius 2 is 1.72 bits per heavy atom. The number of rotatable bonds is 2. The number of nitrogens with zero attached hydrogens (tertiary/aromatic N) is 2. The molecule has 25 heavy (non-hydrogen) atoms. The summed E-state index contributed by atoms with van der Waals surface area (Å²) in [5.41, 5.74) is -0.446. The number of carbonyl (C=O) groups is 2. The molecule has 2 fully saturated rings. The molecule has 5 nitrogen and oxygen atoms in total. The highest BCUT2D eigenvalue weighted by molar-refractivity contribution is 5.89. The molecule has 8 heteroatoms. The van der Waals surface area contributed by atoms with E-state index in [-0.39, 0.29) is 17.4 Å². The molecule has 1 N–H and O–H groups in total. The van der Waals surface area contributed by atoms with Gasteiger partial charge in [-0.15, -0.1) is 0 Å². The Morgan fingerprint density at radius 3 is 2.28 bits per heavy atom. The number of hydrogen-bond acceptors (Lipinski definition) is 2. The molecule has 3 amide bonds. The maximum atomic E-state index is 12.5. The van der Waals surface area contributed by atoms with E-state index in [0.717, 1.165) is 18.6 Å². The number of anilines is 1. The van der Waals surface area contributed by atoms with Crippen molar-refractivity contribution in [2.75, 3.05) is 31.5 Å². The lowest BCUT2D eigenvalue weighted by molar-refractivity contribution is -0.142. The van der Waals surface area contributed by atoms with Crippen LogP contribution in [0.1, 0.15) is 25.3 Å². The SMILES string of the molecule is CCC(=O)N1CC2(CCN(C(=O)Nc3ccc(C(F)(F)F)cc3)C2)C1. The van der Waals surface area contributed by atoms with Crippen molar-refractivity contribution in [2.45, 2.75) is 25.9 Å². The highest BCUT2D eigenvalue weighted by Crippen LogP contribution is 2.40. The normalized spacial score (nSPS) is 19.0. The van der Waals surface area contributed by atoms with Gasteiger partial charge >= 0.3 is 12.2 Å². The van der Waals surface area contributed by atoms with Crippen molar-refractivity contribution in [3.8, 4) is 0 Å². The first-order chi connectivity index (χ1) is 11.7. The minimum Gasteiger partial charge on any atom is -0.341 e. The van der Waals surface area contributed by atoms with E-state index in [2.05, 4.69) is 5.32 Å². The van der Waals surface area contributed by atoms with Gasteiger partial charge in [-0.1, -0.05) is 6.92 Å². The molecule has 0 bridgehead atoms. The highest BCUT2D eigenvalue weighted by atomic mass is 19.4. The van der Waals surface area contributed by atoms with Crippen molar-refractivity contribution in [1.82, 2.24) is 9.80 Å². The molecule has 0 atom stereocenters. The maximum absolute atomic E-state index is 12.5. The third-order valence-electron chi connectivity index (χ3n) is 4.90. The van der Waals surface area contributed by atoms with Crippen molar-refractivity contribution in [1.29, 1.82) is 0 Å². The summed E-state index contributed by atoms with van der Waals surface area (Å²) in [7, 11) is 0. The fourth-order valence-corrected chi connectivity index (χ4v) is 3.48. The van der Waals surface area contributed by atoms with Crippen LogP contribution in [0, 0.1) is 5.41 Å². The smallest absolute Gasteiger partial charge is 0.341 e. The number of halogens is 3. The van der Waals surface area contributed by atoms with Gasteiger partial charge in [0.2, 0.25) is 5.91 Å². The van der Waals surface area contributed by atoms with E-state index in [1.165, 1.54) is 12.1 Å². The van der Waals surface area contributed by atoms with Crippen LogP contribution in [0.3, 0.4) is 0 Å². The minimum absolute atomic E-state index is 0.0255. The molecule has 0 unspecified atom stereocenters. The Hall–Kier alpha value is -2.25. The van der Waals surface area contributed by atoms with Crippen LogP contribution < -0.4 is 5.32 Å². The summed E-state index contributed by atoms with van der Waals surface area (Å²) in [5, 5.41) is 2.63. The monoisotopic (exact) mass is 355 g/mol. The molecular formula is C17H20F3N3O2. The Kier molecular flexibility index (Phi) is 4.38. The number of hydrogen-bond donors (Lipinski definition) is 1. The van der Waals surface area contributed by atoms with Gasteiger partial charge in [0.25, 0.3) is 0 Å². The number of carbonyl (C=O) groups excluding carboxylic acids is 2. The maximum Gasteiger partial charge on any atom is 0.416 e. The van der Waals surface area contributed by atoms with Gasteiger partial charge < -0.3 is 15.1 Å². The second-order valence-corrected chi connectivity index (χ2v) is 6.78. The second-order valence-electron chi connectivity index (χ2n) is 6.78. The summed E-state index contributed by atoms with van der Waals surface area (Å²) in [6.45, 7) is 4.31. The fraction of sp³-hybridized carbons (Fsp3) is 0.529. The molecule has 2 aliphatic rings. The topological polar surface area (TPSA) is 52.7 Å². The van der Waals surface area contributed by atoms with Crippen LogP contribution in [0.5, 0.6) is 0 Å². The predicted octanol–water partition coefficient (Wildman–Crippen LogP) is 3.18. The number of likely N-dealkylation sites (tertiary alicyclic amines) is 2. The van der Waals surface area contributed by atoms with E-state index in [0.29, 0.717) is 38.3 Å². The van der Waals surface area contributed by atoms with Gasteiger partial charge in [0.05, 0.1) is 5.56 Å². The van der Waals surface area contributed by atoms with Gasteiger partial charge in [0.15, 0.2) is 0 Å². The Morgan fingerprint density at radius 1 is 1.12 bits per heavy atom. The zero-order valence-electron chi connectivity index (χ0n) is 13.9. The average Bonchev–Trinajstić information content (AvgIpc) is 2.98. The van der Waals surface area contributed by atoms with Crippen molar-refractivity contribution in [3.05, 3.63) is 29.8 Å². The molecule has 1 aromatic rings. The summed E-state index contributed by atoms with van der Waals surface area (Å²) in [6, 6.07) is 4.06. The third kappa shape index (κ3) is 3.57. The summed E-state index contributed by atoms with van der Waals surface area (Å²) in [6.07, 6.45) is -3.08. The molecular weight excluding hydrogens is 335 g/mol. The van der Waals surface area contributed by atoms with Crippen molar-refractivity contribution < 1.29 is 22.8 Å². The number of alkyl halides is 3. The molecule has 3 rings (SSSR count). The van der Waals surface area contributed by atoms with Gasteiger partial charge in [0.1, 0.15) is 0 Å². The van der Waals surface area contributed by atoms with Gasteiger partial charge in [-0.3, -0.25) is 4.79 Å². The largest absolute Gasteiger partial charge is 0.416 e. The van der Waals surface area contributed by atoms with Gasteiger partial charge in [-0.05, 0) is 30.7 Å². The summed E-state index contributed by atoms with van der Waals surface area (Å²) >= 11 is 0. The standard InChI is InChI=1S/C17H20F3N3O2/c1-2-14(24)23-10-16(11-23)7-8-22(9-16)15(25)21-13-5-3-12(4-6-13)17(18,19)20/h3-6H,2,7-11H2,1H3,(H,21,25). The Labute approximate surface area is 143 Å². The van der Waals surface area contributed by atoms with Crippen LogP contribution in [0.2, 0.25) is 0 Å². The molecule has 2 saturated heterocycles. The van der Waals surface area contributed by atoms with E-state index < -0.39 is 11.7 Å². The molecule has 2 aliphatic heterocycles. The Bertz CT molecular complexity index is 667. The number of amides is 3. The lowest BCUT2D eigenvalue weighted by Crippen LogP contribution is -2.59. The van der Waals surface area contributed by atoms with Crippen molar-refractivity contribution in [2.24, 2.45) is 5.41 Å². The van der Waals surface area contributed by atoms with Crippen LogP contribution in [0.15, 0.2) is 24.3 Å². The van der Waals surface area contributed by atoms with Crippen LogP contribution in [-0.2, 0) is 11.0 Å².